The van der Waals surface area contributed by atoms with E-state index in [9.17, 15) is 0 Å². The predicted octanol–water partition coefficient (Wildman–Crippen LogP) is 2.88. The molecule has 1 fully saturated rings. The van der Waals surface area contributed by atoms with Crippen molar-refractivity contribution in [3.8, 4) is 0 Å². The van der Waals surface area contributed by atoms with Crippen LogP contribution < -0.4 is 5.32 Å². The topological polar surface area (TPSA) is 15.3 Å². The van der Waals surface area contributed by atoms with Crippen molar-refractivity contribution in [2.75, 3.05) is 26.2 Å². The standard InChI is InChI=1S/C13H22N2S/c1-2-3-5-12(13-6-4-11-16-13)15-9-7-14-8-10-15/h4,6,11-12,14H,2-3,5,7-10H2,1H3. The molecule has 0 aromatic carbocycles. The quantitative estimate of drug-likeness (QED) is 0.848. The van der Waals surface area contributed by atoms with Gasteiger partial charge in [-0.25, -0.2) is 0 Å². The SMILES string of the molecule is CCCCC(c1cccs1)N1CCNCC1. The Kier molecular flexibility index (Phi) is 4.82. The summed E-state index contributed by atoms with van der Waals surface area (Å²) in [6, 6.07) is 5.15. The van der Waals surface area contributed by atoms with Crippen LogP contribution in [0, 0.1) is 0 Å². The third kappa shape index (κ3) is 3.06. The Balaban J connectivity index is 2.01. The summed E-state index contributed by atoms with van der Waals surface area (Å²) in [5, 5.41) is 5.64. The fourth-order valence-corrected chi connectivity index (χ4v) is 3.27. The maximum absolute atomic E-state index is 3.43. The first kappa shape index (κ1) is 12.1. The van der Waals surface area contributed by atoms with E-state index in [1.54, 1.807) is 4.88 Å². The Bertz CT molecular complexity index is 278. The molecule has 2 rings (SSSR count). The second-order valence-electron chi connectivity index (χ2n) is 4.46. The predicted molar refractivity (Wildman–Crippen MR) is 71.0 cm³/mol. The van der Waals surface area contributed by atoms with Gasteiger partial charge in [-0.3, -0.25) is 4.90 Å². The molecule has 0 bridgehead atoms. The van der Waals surface area contributed by atoms with E-state index in [2.05, 4.69) is 34.7 Å². The number of thiophene rings is 1. The molecule has 1 N–H and O–H groups in total. The molecule has 1 atom stereocenters. The fraction of sp³-hybridized carbons (Fsp3) is 0.692. The van der Waals surface area contributed by atoms with Crippen LogP contribution in [0.25, 0.3) is 0 Å². The minimum Gasteiger partial charge on any atom is -0.314 e. The number of hydrogen-bond acceptors (Lipinski definition) is 3. The molecule has 16 heavy (non-hydrogen) atoms. The molecule has 1 aliphatic heterocycles. The van der Waals surface area contributed by atoms with Gasteiger partial charge in [-0.1, -0.05) is 25.8 Å². The van der Waals surface area contributed by atoms with Crippen LogP contribution in [-0.2, 0) is 0 Å². The summed E-state index contributed by atoms with van der Waals surface area (Å²) in [4.78, 5) is 4.20. The first-order chi connectivity index (χ1) is 7.92. The molecule has 0 spiro atoms. The second kappa shape index (κ2) is 6.38. The van der Waals surface area contributed by atoms with Gasteiger partial charge in [0.1, 0.15) is 0 Å². The maximum atomic E-state index is 3.43. The van der Waals surface area contributed by atoms with Crippen molar-refractivity contribution < 1.29 is 0 Å². The minimum absolute atomic E-state index is 0.669. The van der Waals surface area contributed by atoms with Gasteiger partial charge in [-0.15, -0.1) is 11.3 Å². The summed E-state index contributed by atoms with van der Waals surface area (Å²) < 4.78 is 0. The van der Waals surface area contributed by atoms with Crippen molar-refractivity contribution in [1.82, 2.24) is 10.2 Å². The molecular weight excluding hydrogens is 216 g/mol. The lowest BCUT2D eigenvalue weighted by molar-refractivity contribution is 0.165. The number of unbranched alkanes of at least 4 members (excludes halogenated alkanes) is 1. The highest BCUT2D eigenvalue weighted by molar-refractivity contribution is 7.10. The number of hydrogen-bond donors (Lipinski definition) is 1. The van der Waals surface area contributed by atoms with Gasteiger partial charge < -0.3 is 5.32 Å². The first-order valence-electron chi connectivity index (χ1n) is 6.40. The Morgan fingerprint density at radius 3 is 2.88 bits per heavy atom. The van der Waals surface area contributed by atoms with Gasteiger partial charge in [-0.2, -0.15) is 0 Å². The number of piperazine rings is 1. The summed E-state index contributed by atoms with van der Waals surface area (Å²) in [5.74, 6) is 0. The highest BCUT2D eigenvalue weighted by Gasteiger charge is 2.21. The maximum Gasteiger partial charge on any atom is 0.0442 e. The molecule has 90 valence electrons. The smallest absolute Gasteiger partial charge is 0.0442 e. The van der Waals surface area contributed by atoms with E-state index in [-0.39, 0.29) is 0 Å². The molecule has 1 unspecified atom stereocenters. The van der Waals surface area contributed by atoms with Crippen LogP contribution in [0.4, 0.5) is 0 Å². The van der Waals surface area contributed by atoms with E-state index in [1.165, 1.54) is 32.4 Å². The number of rotatable bonds is 5. The van der Waals surface area contributed by atoms with Crippen molar-refractivity contribution in [3.63, 3.8) is 0 Å². The molecule has 1 aliphatic rings. The van der Waals surface area contributed by atoms with Gasteiger partial charge in [-0.05, 0) is 17.9 Å². The minimum atomic E-state index is 0.669. The molecule has 1 saturated heterocycles. The van der Waals surface area contributed by atoms with Crippen LogP contribution in [-0.4, -0.2) is 31.1 Å². The van der Waals surface area contributed by atoms with Crippen LogP contribution >= 0.6 is 11.3 Å². The van der Waals surface area contributed by atoms with Gasteiger partial charge in [0.25, 0.3) is 0 Å². The normalized spacial score (nSPS) is 19.8. The van der Waals surface area contributed by atoms with Gasteiger partial charge in [0.2, 0.25) is 0 Å². The zero-order chi connectivity index (χ0) is 11.2. The molecule has 0 amide bonds. The van der Waals surface area contributed by atoms with Gasteiger partial charge >= 0.3 is 0 Å². The van der Waals surface area contributed by atoms with E-state index >= 15 is 0 Å². The molecular formula is C13H22N2S. The van der Waals surface area contributed by atoms with E-state index in [0.29, 0.717) is 6.04 Å². The largest absolute Gasteiger partial charge is 0.314 e. The van der Waals surface area contributed by atoms with Crippen LogP contribution in [0.15, 0.2) is 17.5 Å². The van der Waals surface area contributed by atoms with Crippen molar-refractivity contribution >= 4 is 11.3 Å². The van der Waals surface area contributed by atoms with Crippen molar-refractivity contribution in [2.24, 2.45) is 0 Å². The van der Waals surface area contributed by atoms with Gasteiger partial charge in [0, 0.05) is 37.1 Å². The average Bonchev–Trinajstić information content (AvgIpc) is 2.85. The molecule has 1 aromatic heterocycles. The number of nitrogens with zero attached hydrogens (tertiary/aromatic N) is 1. The Hall–Kier alpha value is -0.380. The van der Waals surface area contributed by atoms with Gasteiger partial charge in [0.05, 0.1) is 0 Å². The highest BCUT2D eigenvalue weighted by atomic mass is 32.1. The van der Waals surface area contributed by atoms with Crippen LogP contribution in [0.5, 0.6) is 0 Å². The average molecular weight is 238 g/mol. The summed E-state index contributed by atoms with van der Waals surface area (Å²) >= 11 is 1.91. The Morgan fingerprint density at radius 1 is 1.44 bits per heavy atom. The lowest BCUT2D eigenvalue weighted by Crippen LogP contribution is -2.45. The van der Waals surface area contributed by atoms with E-state index in [4.69, 9.17) is 0 Å². The summed E-state index contributed by atoms with van der Waals surface area (Å²) in [6.07, 6.45) is 3.96. The molecule has 1 aromatic rings. The monoisotopic (exact) mass is 238 g/mol. The molecule has 2 heterocycles. The molecule has 0 aliphatic carbocycles. The lowest BCUT2D eigenvalue weighted by Gasteiger charge is -2.34. The second-order valence-corrected chi connectivity index (χ2v) is 5.44. The first-order valence-corrected chi connectivity index (χ1v) is 7.28. The highest BCUT2D eigenvalue weighted by Crippen LogP contribution is 2.29. The van der Waals surface area contributed by atoms with E-state index in [1.807, 2.05) is 11.3 Å². The lowest BCUT2D eigenvalue weighted by atomic mass is 10.1. The van der Waals surface area contributed by atoms with Crippen molar-refractivity contribution in [3.05, 3.63) is 22.4 Å². The van der Waals surface area contributed by atoms with Crippen molar-refractivity contribution in [2.45, 2.75) is 32.2 Å². The van der Waals surface area contributed by atoms with Crippen molar-refractivity contribution in [1.29, 1.82) is 0 Å². The molecule has 0 saturated carbocycles. The van der Waals surface area contributed by atoms with E-state index < -0.39 is 0 Å². The third-order valence-corrected chi connectivity index (χ3v) is 4.27. The number of nitrogens with one attached hydrogen (secondary N) is 1. The molecule has 0 radical (unpaired) electrons. The molecule has 3 heteroatoms. The van der Waals surface area contributed by atoms with Crippen LogP contribution in [0.3, 0.4) is 0 Å². The molecule has 2 nitrogen and oxygen atoms in total. The van der Waals surface area contributed by atoms with Gasteiger partial charge in [0.15, 0.2) is 0 Å². The third-order valence-electron chi connectivity index (χ3n) is 3.30. The summed E-state index contributed by atoms with van der Waals surface area (Å²) in [7, 11) is 0. The van der Waals surface area contributed by atoms with Crippen LogP contribution in [0.2, 0.25) is 0 Å². The zero-order valence-electron chi connectivity index (χ0n) is 10.1. The van der Waals surface area contributed by atoms with E-state index in [0.717, 1.165) is 13.1 Å². The van der Waals surface area contributed by atoms with Crippen LogP contribution in [0.1, 0.15) is 37.1 Å². The Labute approximate surface area is 103 Å². The summed E-state index contributed by atoms with van der Waals surface area (Å²) in [5.41, 5.74) is 0. The summed E-state index contributed by atoms with van der Waals surface area (Å²) in [6.45, 7) is 6.98. The fourth-order valence-electron chi connectivity index (χ4n) is 2.38. The zero-order valence-corrected chi connectivity index (χ0v) is 10.9. The Morgan fingerprint density at radius 2 is 2.25 bits per heavy atom.